The molecule has 0 radical (unpaired) electrons. The predicted octanol–water partition coefficient (Wildman–Crippen LogP) is 10.9. The number of unbranched alkanes of at least 4 members (excludes halogenated alkanes) is 25. The Kier molecular flexibility index (Phi) is 27.8. The average Bonchev–Trinajstić information content (AvgIpc) is 2.83. The molecule has 0 rings (SSSR count). The van der Waals surface area contributed by atoms with Gasteiger partial charge in [0.25, 0.3) is 0 Å². The highest BCUT2D eigenvalue weighted by atomic mass is 31.2. The van der Waals surface area contributed by atoms with Crippen LogP contribution in [0, 0.1) is 0 Å². The summed E-state index contributed by atoms with van der Waals surface area (Å²) >= 11 is 0. The second-order valence-corrected chi connectivity index (χ2v) is 11.9. The fourth-order valence-corrected chi connectivity index (χ4v) is 5.12. The summed E-state index contributed by atoms with van der Waals surface area (Å²) in [4.78, 5) is 9.13. The second kappa shape index (κ2) is 27.7. The van der Waals surface area contributed by atoms with Gasteiger partial charge in [-0.15, -0.1) is 0 Å². The minimum absolute atomic E-state index is 0.307. The van der Waals surface area contributed by atoms with Crippen LogP contribution in [-0.4, -0.2) is 18.6 Å². The smallest absolute Gasteiger partial charge is 0.303 e. The molecule has 0 heterocycles. The topological polar surface area (TPSA) is 55.8 Å². The number of rotatable bonds is 29. The Labute approximate surface area is 214 Å². The molecular formula is C29H61O4P. The molecule has 0 aromatic rings. The monoisotopic (exact) mass is 504 g/mol. The lowest BCUT2D eigenvalue weighted by atomic mass is 10.0. The third kappa shape index (κ3) is 28.3. The van der Waals surface area contributed by atoms with Crippen LogP contribution in [0.15, 0.2) is 0 Å². The molecule has 0 aliphatic rings. The zero-order valence-corrected chi connectivity index (χ0v) is 24.1. The summed E-state index contributed by atoms with van der Waals surface area (Å²) < 4.78 is 20.3. The van der Waals surface area contributed by atoms with Crippen molar-refractivity contribution in [2.24, 2.45) is 0 Å². The van der Waals surface area contributed by atoms with Crippen molar-refractivity contribution in [1.82, 2.24) is 0 Å². The fraction of sp³-hybridized carbons (Fsp3) is 1.00. The van der Waals surface area contributed by atoms with E-state index in [0.29, 0.717) is 6.61 Å². The van der Waals surface area contributed by atoms with Gasteiger partial charge in [-0.1, -0.05) is 167 Å². The molecule has 0 fully saturated rings. The van der Waals surface area contributed by atoms with Crippen molar-refractivity contribution in [1.29, 1.82) is 0 Å². The lowest BCUT2D eigenvalue weighted by Crippen LogP contribution is -1.94. The van der Waals surface area contributed by atoms with E-state index in [-0.39, 0.29) is 0 Å². The Morgan fingerprint density at radius 2 is 0.706 bits per heavy atom. The van der Waals surface area contributed by atoms with Crippen LogP contribution in [0.2, 0.25) is 0 Å². The summed E-state index contributed by atoms with van der Waals surface area (Å²) in [5.74, 6) is 0. The number of hydrogen-bond acceptors (Lipinski definition) is 3. The van der Waals surface area contributed by atoms with Crippen LogP contribution in [0.25, 0.3) is 0 Å². The van der Waals surface area contributed by atoms with Crippen LogP contribution in [0.1, 0.15) is 174 Å². The highest BCUT2D eigenvalue weighted by molar-refractivity contribution is 7.47. The highest BCUT2D eigenvalue weighted by Gasteiger charge is 2.17. The SMILES string of the molecule is CCCCCCCCCCCCCCCCCCCCCCCCCCCCOP(=O)(O)OC. The van der Waals surface area contributed by atoms with E-state index in [1.165, 1.54) is 161 Å². The molecule has 0 amide bonds. The van der Waals surface area contributed by atoms with Crippen LogP contribution in [0.3, 0.4) is 0 Å². The quantitative estimate of drug-likeness (QED) is 0.0812. The minimum atomic E-state index is -3.77. The number of hydrogen-bond donors (Lipinski definition) is 1. The molecule has 34 heavy (non-hydrogen) atoms. The summed E-state index contributed by atoms with van der Waals surface area (Å²) in [5, 5.41) is 0. The maximum Gasteiger partial charge on any atom is 0.471 e. The first-order chi connectivity index (χ1) is 16.6. The molecule has 0 aliphatic carbocycles. The molecule has 1 N–H and O–H groups in total. The molecule has 0 aliphatic heterocycles. The van der Waals surface area contributed by atoms with E-state index in [4.69, 9.17) is 9.42 Å². The van der Waals surface area contributed by atoms with Crippen molar-refractivity contribution in [3.63, 3.8) is 0 Å². The maximum atomic E-state index is 11.1. The Hall–Kier alpha value is 0.110. The van der Waals surface area contributed by atoms with Gasteiger partial charge in [0, 0.05) is 7.11 Å². The average molecular weight is 505 g/mol. The van der Waals surface area contributed by atoms with E-state index in [1.54, 1.807) is 0 Å². The molecule has 0 aromatic carbocycles. The zero-order valence-electron chi connectivity index (χ0n) is 23.2. The summed E-state index contributed by atoms with van der Waals surface area (Å²) in [5.41, 5.74) is 0. The first-order valence-electron chi connectivity index (χ1n) is 15.2. The number of phosphoric ester groups is 1. The lowest BCUT2D eigenvalue weighted by Gasteiger charge is -2.08. The van der Waals surface area contributed by atoms with Crippen LogP contribution in [-0.2, 0) is 13.6 Å². The van der Waals surface area contributed by atoms with Crippen molar-refractivity contribution in [3.8, 4) is 0 Å². The standard InChI is InChI=1S/C29H61O4P/c1-3-4-5-6-7-8-9-10-11-12-13-14-15-16-17-18-19-20-21-22-23-24-25-26-27-28-29-33-34(30,31)32-2/h3-29H2,1-2H3,(H,30,31). The molecule has 1 unspecified atom stereocenters. The van der Waals surface area contributed by atoms with E-state index in [2.05, 4.69) is 11.4 Å². The second-order valence-electron chi connectivity index (χ2n) is 10.3. The van der Waals surface area contributed by atoms with Crippen molar-refractivity contribution in [2.45, 2.75) is 174 Å². The normalized spacial score (nSPS) is 13.4. The van der Waals surface area contributed by atoms with E-state index < -0.39 is 7.82 Å². The minimum Gasteiger partial charge on any atom is -0.303 e. The molecule has 0 bridgehead atoms. The summed E-state index contributed by atoms with van der Waals surface area (Å²) in [7, 11) is -2.58. The third-order valence-corrected chi connectivity index (χ3v) is 7.95. The number of phosphoric acid groups is 1. The molecule has 206 valence electrons. The van der Waals surface area contributed by atoms with Gasteiger partial charge in [0.2, 0.25) is 0 Å². The van der Waals surface area contributed by atoms with Gasteiger partial charge >= 0.3 is 7.82 Å². The van der Waals surface area contributed by atoms with Gasteiger partial charge in [0.15, 0.2) is 0 Å². The summed E-state index contributed by atoms with van der Waals surface area (Å²) in [6.45, 7) is 2.60. The lowest BCUT2D eigenvalue weighted by molar-refractivity contribution is 0.170. The third-order valence-electron chi connectivity index (χ3n) is 6.98. The van der Waals surface area contributed by atoms with Crippen molar-refractivity contribution < 1.29 is 18.5 Å². The Morgan fingerprint density at radius 1 is 0.471 bits per heavy atom. The van der Waals surface area contributed by atoms with E-state index in [9.17, 15) is 4.57 Å². The van der Waals surface area contributed by atoms with E-state index in [1.807, 2.05) is 0 Å². The molecule has 0 saturated heterocycles. The fourth-order valence-electron chi connectivity index (χ4n) is 4.65. The van der Waals surface area contributed by atoms with Crippen LogP contribution >= 0.6 is 7.82 Å². The Balaban J connectivity index is 3.06. The molecule has 0 aromatic heterocycles. The van der Waals surface area contributed by atoms with Crippen molar-refractivity contribution in [3.05, 3.63) is 0 Å². The molecule has 4 nitrogen and oxygen atoms in total. The Morgan fingerprint density at radius 3 is 0.941 bits per heavy atom. The molecule has 5 heteroatoms. The van der Waals surface area contributed by atoms with Gasteiger partial charge < -0.3 is 4.89 Å². The first-order valence-corrected chi connectivity index (χ1v) is 16.6. The van der Waals surface area contributed by atoms with Gasteiger partial charge in [-0.05, 0) is 6.42 Å². The largest absolute Gasteiger partial charge is 0.471 e. The van der Waals surface area contributed by atoms with Gasteiger partial charge in [-0.2, -0.15) is 0 Å². The molecular weight excluding hydrogens is 443 g/mol. The van der Waals surface area contributed by atoms with Crippen LogP contribution in [0.5, 0.6) is 0 Å². The van der Waals surface area contributed by atoms with Gasteiger partial charge in [-0.25, -0.2) is 4.57 Å². The van der Waals surface area contributed by atoms with Gasteiger partial charge in [0.1, 0.15) is 0 Å². The maximum absolute atomic E-state index is 11.1. The van der Waals surface area contributed by atoms with Gasteiger partial charge in [-0.3, -0.25) is 9.05 Å². The highest BCUT2D eigenvalue weighted by Crippen LogP contribution is 2.41. The molecule has 0 spiro atoms. The molecule has 0 saturated carbocycles. The van der Waals surface area contributed by atoms with Crippen LogP contribution < -0.4 is 0 Å². The predicted molar refractivity (Wildman–Crippen MR) is 149 cm³/mol. The van der Waals surface area contributed by atoms with Gasteiger partial charge in [0.05, 0.1) is 6.61 Å². The van der Waals surface area contributed by atoms with Crippen molar-refractivity contribution in [2.75, 3.05) is 13.7 Å². The van der Waals surface area contributed by atoms with E-state index >= 15 is 0 Å². The zero-order chi connectivity index (χ0) is 25.0. The summed E-state index contributed by atoms with van der Waals surface area (Å²) in [6, 6.07) is 0. The van der Waals surface area contributed by atoms with Crippen molar-refractivity contribution >= 4 is 7.82 Å². The Bertz CT molecular complexity index is 430. The summed E-state index contributed by atoms with van der Waals surface area (Å²) in [6.07, 6.45) is 35.8. The molecule has 1 atom stereocenters. The van der Waals surface area contributed by atoms with Crippen LogP contribution in [0.4, 0.5) is 0 Å². The van der Waals surface area contributed by atoms with E-state index in [0.717, 1.165) is 12.8 Å². The first kappa shape index (κ1) is 34.1.